The van der Waals surface area contributed by atoms with Gasteiger partial charge in [-0.15, -0.1) is 11.3 Å². The zero-order valence-corrected chi connectivity index (χ0v) is 15.8. The molecule has 0 aliphatic carbocycles. The van der Waals surface area contributed by atoms with Crippen molar-refractivity contribution in [3.05, 3.63) is 31.4 Å². The standard InChI is InChI=1S/C14H10Cl4N2O2S/c1-21-11-7(15)10(8(16)12(22-2)9(11)17)20-5-19-14(18)13-6(20)3-4-23-13/h3-4H,5H2,1-2H3. The van der Waals surface area contributed by atoms with Crippen molar-refractivity contribution in [1.29, 1.82) is 0 Å². The Labute approximate surface area is 157 Å². The number of aliphatic imine (C=N–C) groups is 1. The van der Waals surface area contributed by atoms with E-state index in [-0.39, 0.29) is 21.7 Å². The lowest BCUT2D eigenvalue weighted by Gasteiger charge is -2.29. The molecular weight excluding hydrogens is 402 g/mol. The van der Waals surface area contributed by atoms with Gasteiger partial charge < -0.3 is 14.4 Å². The van der Waals surface area contributed by atoms with Gasteiger partial charge in [-0.05, 0) is 11.4 Å². The van der Waals surface area contributed by atoms with Crippen LogP contribution in [0.3, 0.4) is 0 Å². The summed E-state index contributed by atoms with van der Waals surface area (Å²) < 4.78 is 10.6. The van der Waals surface area contributed by atoms with Crippen LogP contribution in [0.25, 0.3) is 0 Å². The van der Waals surface area contributed by atoms with Crippen LogP contribution in [0.1, 0.15) is 4.88 Å². The molecule has 3 rings (SSSR count). The topological polar surface area (TPSA) is 34.1 Å². The Morgan fingerprint density at radius 1 is 1.04 bits per heavy atom. The van der Waals surface area contributed by atoms with Gasteiger partial charge in [-0.3, -0.25) is 0 Å². The summed E-state index contributed by atoms with van der Waals surface area (Å²) >= 11 is 26.9. The van der Waals surface area contributed by atoms with Gasteiger partial charge in [0.05, 0.1) is 30.5 Å². The normalized spacial score (nSPS) is 13.7. The van der Waals surface area contributed by atoms with Crippen LogP contribution < -0.4 is 14.4 Å². The molecule has 0 bridgehead atoms. The van der Waals surface area contributed by atoms with Gasteiger partial charge in [0.2, 0.25) is 0 Å². The molecule has 2 heterocycles. The first-order valence-corrected chi connectivity index (χ1v) is 8.74. The third-order valence-electron chi connectivity index (χ3n) is 3.36. The van der Waals surface area contributed by atoms with E-state index >= 15 is 0 Å². The molecule has 1 aromatic carbocycles. The van der Waals surface area contributed by atoms with E-state index < -0.39 is 0 Å². The molecule has 0 amide bonds. The largest absolute Gasteiger partial charge is 0.493 e. The third kappa shape index (κ3) is 2.65. The van der Waals surface area contributed by atoms with E-state index in [0.717, 1.165) is 10.6 Å². The average molecular weight is 412 g/mol. The molecule has 1 aromatic heterocycles. The van der Waals surface area contributed by atoms with E-state index in [1.165, 1.54) is 25.6 Å². The van der Waals surface area contributed by atoms with Crippen molar-refractivity contribution >= 4 is 74.3 Å². The molecule has 0 saturated carbocycles. The maximum Gasteiger partial charge on any atom is 0.162 e. The van der Waals surface area contributed by atoms with Gasteiger partial charge in [0.1, 0.15) is 26.9 Å². The van der Waals surface area contributed by atoms with E-state index in [1.54, 1.807) is 0 Å². The van der Waals surface area contributed by atoms with Crippen LogP contribution in [0.15, 0.2) is 16.4 Å². The van der Waals surface area contributed by atoms with Crippen molar-refractivity contribution < 1.29 is 9.47 Å². The van der Waals surface area contributed by atoms with Crippen molar-refractivity contribution in [2.45, 2.75) is 0 Å². The molecule has 122 valence electrons. The van der Waals surface area contributed by atoms with Crippen LogP contribution >= 0.6 is 57.7 Å². The summed E-state index contributed by atoms with van der Waals surface area (Å²) in [6.45, 7) is 0.274. The minimum atomic E-state index is 0.220. The van der Waals surface area contributed by atoms with E-state index in [9.17, 15) is 0 Å². The highest BCUT2D eigenvalue weighted by Crippen LogP contribution is 2.54. The SMILES string of the molecule is COc1c(Cl)c(OC)c(Cl)c(N2CN=C(Cl)c3sccc32)c1Cl. The van der Waals surface area contributed by atoms with Gasteiger partial charge in [0.15, 0.2) is 11.5 Å². The molecule has 4 nitrogen and oxygen atoms in total. The molecule has 1 aliphatic heterocycles. The monoisotopic (exact) mass is 410 g/mol. The predicted octanol–water partition coefficient (Wildman–Crippen LogP) is 5.82. The highest BCUT2D eigenvalue weighted by Gasteiger charge is 2.30. The second kappa shape index (κ2) is 6.57. The van der Waals surface area contributed by atoms with Crippen LogP contribution in [0, 0.1) is 0 Å². The zero-order valence-electron chi connectivity index (χ0n) is 12.0. The van der Waals surface area contributed by atoms with Crippen molar-refractivity contribution in [3.8, 4) is 11.5 Å². The number of rotatable bonds is 3. The van der Waals surface area contributed by atoms with Crippen LogP contribution in [0.2, 0.25) is 15.1 Å². The van der Waals surface area contributed by atoms with Gasteiger partial charge in [0.25, 0.3) is 0 Å². The summed E-state index contributed by atoms with van der Waals surface area (Å²) in [7, 11) is 2.96. The third-order valence-corrected chi connectivity index (χ3v) is 5.74. The number of methoxy groups -OCH3 is 2. The summed E-state index contributed by atoms with van der Waals surface area (Å²) in [4.78, 5) is 7.00. The van der Waals surface area contributed by atoms with Crippen LogP contribution in [0.4, 0.5) is 11.4 Å². The summed E-state index contributed by atoms with van der Waals surface area (Å²) in [6, 6.07) is 1.93. The molecule has 0 radical (unpaired) electrons. The van der Waals surface area contributed by atoms with E-state index in [2.05, 4.69) is 4.99 Å². The molecule has 0 unspecified atom stereocenters. The Bertz CT molecular complexity index is 775. The fourth-order valence-corrected chi connectivity index (χ4v) is 4.65. The van der Waals surface area contributed by atoms with E-state index in [0.29, 0.717) is 22.4 Å². The predicted molar refractivity (Wildman–Crippen MR) is 98.3 cm³/mol. The Hall–Kier alpha value is -0.850. The lowest BCUT2D eigenvalue weighted by Crippen LogP contribution is -2.23. The zero-order chi connectivity index (χ0) is 16.7. The maximum atomic E-state index is 6.48. The number of hydrogen-bond acceptors (Lipinski definition) is 5. The lowest BCUT2D eigenvalue weighted by atomic mass is 10.2. The van der Waals surface area contributed by atoms with Crippen molar-refractivity contribution in [3.63, 3.8) is 0 Å². The highest BCUT2D eigenvalue weighted by atomic mass is 35.5. The molecule has 0 saturated heterocycles. The summed E-state index contributed by atoms with van der Waals surface area (Å²) in [5.74, 6) is 0.587. The fraction of sp³-hybridized carbons (Fsp3) is 0.214. The minimum Gasteiger partial charge on any atom is -0.493 e. The average Bonchev–Trinajstić information content (AvgIpc) is 3.01. The lowest BCUT2D eigenvalue weighted by molar-refractivity contribution is 0.395. The number of ether oxygens (including phenoxy) is 2. The first kappa shape index (κ1) is 17.0. The van der Waals surface area contributed by atoms with Crippen molar-refractivity contribution in [1.82, 2.24) is 0 Å². The molecule has 23 heavy (non-hydrogen) atoms. The van der Waals surface area contributed by atoms with Gasteiger partial charge in [-0.1, -0.05) is 46.4 Å². The fourth-order valence-electron chi connectivity index (χ4n) is 2.34. The quantitative estimate of drug-likeness (QED) is 0.637. The van der Waals surface area contributed by atoms with Crippen molar-refractivity contribution in [2.24, 2.45) is 4.99 Å². The molecule has 1 aliphatic rings. The van der Waals surface area contributed by atoms with Crippen molar-refractivity contribution in [2.75, 3.05) is 25.8 Å². The Balaban J connectivity index is 2.26. The molecule has 0 spiro atoms. The van der Waals surface area contributed by atoms with Crippen LogP contribution in [-0.4, -0.2) is 26.1 Å². The highest BCUT2D eigenvalue weighted by molar-refractivity contribution is 7.14. The first-order chi connectivity index (χ1) is 11.0. The molecule has 0 fully saturated rings. The molecule has 2 aromatic rings. The minimum absolute atomic E-state index is 0.220. The number of fused-ring (bicyclic) bond motifs is 1. The Kier molecular flexibility index (Phi) is 4.85. The molecule has 0 N–H and O–H groups in total. The number of halogens is 4. The van der Waals surface area contributed by atoms with Gasteiger partial charge >= 0.3 is 0 Å². The summed E-state index contributed by atoms with van der Waals surface area (Å²) in [6.07, 6.45) is 0. The Morgan fingerprint density at radius 3 is 2.22 bits per heavy atom. The number of benzene rings is 1. The number of thiophene rings is 1. The second-order valence-corrected chi connectivity index (χ2v) is 6.92. The van der Waals surface area contributed by atoms with E-state index in [1.807, 2.05) is 16.3 Å². The Morgan fingerprint density at radius 2 is 1.65 bits per heavy atom. The number of anilines is 2. The number of nitrogens with zero attached hydrogens (tertiary/aromatic N) is 2. The summed E-state index contributed by atoms with van der Waals surface area (Å²) in [5, 5.41) is 3.18. The smallest absolute Gasteiger partial charge is 0.162 e. The molecule has 0 atom stereocenters. The molecular formula is C14H10Cl4N2O2S. The molecule has 9 heteroatoms. The van der Waals surface area contributed by atoms with E-state index in [4.69, 9.17) is 55.9 Å². The van der Waals surface area contributed by atoms with Gasteiger partial charge in [-0.2, -0.15) is 0 Å². The summed E-state index contributed by atoms with van der Waals surface area (Å²) in [5.41, 5.74) is 1.38. The van der Waals surface area contributed by atoms with Gasteiger partial charge in [0, 0.05) is 0 Å². The number of hydrogen-bond donors (Lipinski definition) is 0. The first-order valence-electron chi connectivity index (χ1n) is 6.35. The second-order valence-electron chi connectivity index (χ2n) is 4.51. The van der Waals surface area contributed by atoms with Crippen LogP contribution in [-0.2, 0) is 0 Å². The van der Waals surface area contributed by atoms with Crippen LogP contribution in [0.5, 0.6) is 11.5 Å². The van der Waals surface area contributed by atoms with Gasteiger partial charge in [-0.25, -0.2) is 4.99 Å². The maximum absolute atomic E-state index is 6.48.